The molecule has 2 atom stereocenters. The second kappa shape index (κ2) is 10.9. The average Bonchev–Trinajstić information content (AvgIpc) is 3.60. The van der Waals surface area contributed by atoms with Gasteiger partial charge >= 0.3 is 5.97 Å². The van der Waals surface area contributed by atoms with Crippen LogP contribution in [0.2, 0.25) is 0 Å². The summed E-state index contributed by atoms with van der Waals surface area (Å²) in [5.74, 6) is 1.32. The van der Waals surface area contributed by atoms with Crippen molar-refractivity contribution in [2.75, 3.05) is 32.8 Å². The summed E-state index contributed by atoms with van der Waals surface area (Å²) in [5, 5.41) is 3.82. The molecule has 2 unspecified atom stereocenters. The Balaban J connectivity index is 1.09. The van der Waals surface area contributed by atoms with Crippen LogP contribution in [0.25, 0.3) is 0 Å². The number of carbonyl (C=O) groups excluding carboxylic acids is 1. The number of ether oxygens (including phenoxy) is 1. The topological polar surface area (TPSA) is 41.6 Å². The Morgan fingerprint density at radius 2 is 1.81 bits per heavy atom. The van der Waals surface area contributed by atoms with E-state index in [-0.39, 0.29) is 5.97 Å². The minimum atomic E-state index is -0.233. The Hall–Kier alpha value is -2.17. The molecule has 2 aliphatic rings. The van der Waals surface area contributed by atoms with Crippen LogP contribution < -0.4 is 5.32 Å². The van der Waals surface area contributed by atoms with Crippen molar-refractivity contribution < 1.29 is 9.53 Å². The molecule has 0 amide bonds. The Bertz CT molecular complexity index is 813. The summed E-state index contributed by atoms with van der Waals surface area (Å²) >= 11 is 0. The van der Waals surface area contributed by atoms with Crippen LogP contribution in [-0.2, 0) is 11.2 Å². The van der Waals surface area contributed by atoms with Gasteiger partial charge in [0.05, 0.1) is 12.2 Å². The third-order valence-corrected chi connectivity index (χ3v) is 6.80. The Morgan fingerprint density at radius 3 is 2.52 bits per heavy atom. The second-order valence-corrected chi connectivity index (χ2v) is 9.07. The van der Waals surface area contributed by atoms with E-state index >= 15 is 0 Å². The van der Waals surface area contributed by atoms with Crippen molar-refractivity contribution in [2.24, 2.45) is 5.92 Å². The molecule has 1 aliphatic carbocycles. The third-order valence-electron chi connectivity index (χ3n) is 6.80. The summed E-state index contributed by atoms with van der Waals surface area (Å²) in [5.41, 5.74) is 3.43. The number of hydrogen-bond donors (Lipinski definition) is 1. The number of benzene rings is 2. The number of esters is 1. The minimum Gasteiger partial charge on any atom is -0.462 e. The first kappa shape index (κ1) is 22.0. The summed E-state index contributed by atoms with van der Waals surface area (Å²) in [4.78, 5) is 14.4. The number of likely N-dealkylation sites (tertiary alicyclic amines) is 1. The molecule has 1 aliphatic heterocycles. The third kappa shape index (κ3) is 6.41. The van der Waals surface area contributed by atoms with Crippen molar-refractivity contribution in [1.29, 1.82) is 0 Å². The van der Waals surface area contributed by atoms with E-state index in [2.05, 4.69) is 52.7 Å². The highest BCUT2D eigenvalue weighted by Crippen LogP contribution is 2.40. The number of piperidine rings is 1. The number of nitrogens with one attached hydrogen (secondary N) is 1. The Morgan fingerprint density at radius 1 is 1.06 bits per heavy atom. The fourth-order valence-corrected chi connectivity index (χ4v) is 4.75. The summed E-state index contributed by atoms with van der Waals surface area (Å²) < 4.78 is 5.05. The zero-order valence-electron chi connectivity index (χ0n) is 18.8. The molecule has 4 rings (SSSR count). The van der Waals surface area contributed by atoms with E-state index in [1.54, 1.807) is 0 Å². The van der Waals surface area contributed by atoms with Crippen LogP contribution >= 0.6 is 0 Å². The lowest BCUT2D eigenvalue weighted by molar-refractivity contribution is 0.0526. The molecule has 2 aromatic carbocycles. The molecule has 31 heavy (non-hydrogen) atoms. The van der Waals surface area contributed by atoms with E-state index in [0.717, 1.165) is 18.3 Å². The van der Waals surface area contributed by atoms with Gasteiger partial charge in [0.1, 0.15) is 0 Å². The van der Waals surface area contributed by atoms with Gasteiger partial charge in [-0.2, -0.15) is 0 Å². The zero-order chi connectivity index (χ0) is 21.5. The van der Waals surface area contributed by atoms with Crippen LogP contribution in [0.1, 0.15) is 60.0 Å². The van der Waals surface area contributed by atoms with Gasteiger partial charge in [-0.1, -0.05) is 42.5 Å². The van der Waals surface area contributed by atoms with Crippen LogP contribution in [0.5, 0.6) is 0 Å². The zero-order valence-corrected chi connectivity index (χ0v) is 18.8. The lowest BCUT2D eigenvalue weighted by atomic mass is 9.96. The van der Waals surface area contributed by atoms with Gasteiger partial charge in [-0.3, -0.25) is 0 Å². The highest BCUT2D eigenvalue weighted by atomic mass is 16.5. The standard InChI is InChI=1S/C27H36N2O2/c1-2-31-27(30)24-12-10-21(11-13-24)7-6-16-29-17-14-22(15-18-29)20-28-26-19-25(26)23-8-4-3-5-9-23/h3-5,8-13,22,25-26,28H,2,6-7,14-20H2,1H3. The van der Waals surface area contributed by atoms with E-state index in [9.17, 15) is 4.79 Å². The lowest BCUT2D eigenvalue weighted by Crippen LogP contribution is -2.38. The summed E-state index contributed by atoms with van der Waals surface area (Å²) in [6.45, 7) is 7.04. The summed E-state index contributed by atoms with van der Waals surface area (Å²) in [6, 6.07) is 19.5. The quantitative estimate of drug-likeness (QED) is 0.568. The highest BCUT2D eigenvalue weighted by Gasteiger charge is 2.38. The molecule has 0 bridgehead atoms. The first-order valence-electron chi connectivity index (χ1n) is 12.0. The number of hydrogen-bond acceptors (Lipinski definition) is 4. The van der Waals surface area contributed by atoms with Gasteiger partial charge in [0, 0.05) is 12.0 Å². The van der Waals surface area contributed by atoms with E-state index in [0.29, 0.717) is 18.2 Å². The molecular weight excluding hydrogens is 384 g/mol. The van der Waals surface area contributed by atoms with Crippen LogP contribution in [0.15, 0.2) is 54.6 Å². The van der Waals surface area contributed by atoms with Gasteiger partial charge in [-0.15, -0.1) is 0 Å². The summed E-state index contributed by atoms with van der Waals surface area (Å²) in [6.07, 6.45) is 6.15. The SMILES string of the molecule is CCOC(=O)c1ccc(CCCN2CCC(CNC3CC3c3ccccc3)CC2)cc1. The molecule has 0 radical (unpaired) electrons. The van der Waals surface area contributed by atoms with Crippen molar-refractivity contribution in [3.05, 3.63) is 71.3 Å². The molecule has 0 aromatic heterocycles. The first-order valence-corrected chi connectivity index (χ1v) is 12.0. The molecule has 1 saturated heterocycles. The maximum Gasteiger partial charge on any atom is 0.338 e. The fraction of sp³-hybridized carbons (Fsp3) is 0.519. The van der Waals surface area contributed by atoms with Gasteiger partial charge < -0.3 is 15.0 Å². The van der Waals surface area contributed by atoms with Gasteiger partial charge in [0.25, 0.3) is 0 Å². The smallest absolute Gasteiger partial charge is 0.338 e. The maximum atomic E-state index is 11.7. The van der Waals surface area contributed by atoms with Crippen molar-refractivity contribution in [1.82, 2.24) is 10.2 Å². The van der Waals surface area contributed by atoms with Gasteiger partial charge in [-0.05, 0) is 94.4 Å². The molecule has 2 aromatic rings. The van der Waals surface area contributed by atoms with Crippen molar-refractivity contribution >= 4 is 5.97 Å². The Labute approximate surface area is 187 Å². The number of nitrogens with zero attached hydrogens (tertiary/aromatic N) is 1. The molecule has 2 fully saturated rings. The molecule has 4 nitrogen and oxygen atoms in total. The largest absolute Gasteiger partial charge is 0.462 e. The monoisotopic (exact) mass is 420 g/mol. The van der Waals surface area contributed by atoms with E-state index in [1.807, 2.05) is 19.1 Å². The molecular formula is C27H36N2O2. The van der Waals surface area contributed by atoms with Crippen molar-refractivity contribution in [3.63, 3.8) is 0 Å². The predicted octanol–water partition coefficient (Wildman–Crippen LogP) is 4.65. The predicted molar refractivity (Wildman–Crippen MR) is 125 cm³/mol. The molecule has 1 saturated carbocycles. The van der Waals surface area contributed by atoms with Crippen LogP contribution in [0.3, 0.4) is 0 Å². The molecule has 1 N–H and O–H groups in total. The van der Waals surface area contributed by atoms with E-state index in [4.69, 9.17) is 4.74 Å². The Kier molecular flexibility index (Phi) is 7.76. The maximum absolute atomic E-state index is 11.7. The molecule has 4 heteroatoms. The number of rotatable bonds is 10. The number of carbonyl (C=O) groups is 1. The van der Waals surface area contributed by atoms with Gasteiger partial charge in [0.15, 0.2) is 0 Å². The summed E-state index contributed by atoms with van der Waals surface area (Å²) in [7, 11) is 0. The van der Waals surface area contributed by atoms with Crippen molar-refractivity contribution in [3.8, 4) is 0 Å². The molecule has 0 spiro atoms. The van der Waals surface area contributed by atoms with Crippen LogP contribution in [-0.4, -0.2) is 49.7 Å². The highest BCUT2D eigenvalue weighted by molar-refractivity contribution is 5.89. The average molecular weight is 421 g/mol. The van der Waals surface area contributed by atoms with Crippen LogP contribution in [0, 0.1) is 5.92 Å². The normalized spacial score (nSPS) is 21.7. The second-order valence-electron chi connectivity index (χ2n) is 9.07. The van der Waals surface area contributed by atoms with Crippen molar-refractivity contribution in [2.45, 2.75) is 51.0 Å². The minimum absolute atomic E-state index is 0.233. The van der Waals surface area contributed by atoms with E-state index < -0.39 is 0 Å². The van der Waals surface area contributed by atoms with E-state index in [1.165, 1.54) is 63.0 Å². The van der Waals surface area contributed by atoms with Gasteiger partial charge in [-0.25, -0.2) is 4.79 Å². The van der Waals surface area contributed by atoms with Gasteiger partial charge in [0.2, 0.25) is 0 Å². The molecule has 1 heterocycles. The number of aryl methyl sites for hydroxylation is 1. The fourth-order valence-electron chi connectivity index (χ4n) is 4.75. The molecule has 166 valence electrons. The lowest BCUT2D eigenvalue weighted by Gasteiger charge is -2.32. The first-order chi connectivity index (χ1) is 15.2. The van der Waals surface area contributed by atoms with Crippen LogP contribution in [0.4, 0.5) is 0 Å².